The molecule has 1 aliphatic heterocycles. The summed E-state index contributed by atoms with van der Waals surface area (Å²) in [7, 11) is -2.79. The van der Waals surface area contributed by atoms with Gasteiger partial charge in [0, 0.05) is 12.3 Å². The van der Waals surface area contributed by atoms with E-state index in [1.807, 2.05) is 60.7 Å². The van der Waals surface area contributed by atoms with E-state index in [0.29, 0.717) is 18.2 Å². The van der Waals surface area contributed by atoms with Crippen LogP contribution in [0.2, 0.25) is 0 Å². The van der Waals surface area contributed by atoms with Crippen LogP contribution in [0.3, 0.4) is 0 Å². The average molecular weight is 370 g/mol. The lowest BCUT2D eigenvalue weighted by molar-refractivity contribution is 0.165. The molecule has 1 N–H and O–H groups in total. The first kappa shape index (κ1) is 19.4. The van der Waals surface area contributed by atoms with Gasteiger partial charge in [-0.1, -0.05) is 93.3 Å². The minimum Gasteiger partial charge on any atom is -0.373 e. The maximum atomic E-state index is 14.1. The van der Waals surface area contributed by atoms with E-state index in [1.165, 1.54) is 25.7 Å². The van der Waals surface area contributed by atoms with Crippen molar-refractivity contribution in [2.45, 2.75) is 50.8 Å². The van der Waals surface area contributed by atoms with Gasteiger partial charge in [-0.25, -0.2) is 0 Å². The highest BCUT2D eigenvalue weighted by atomic mass is 31.2. The topological polar surface area (TPSA) is 37.3 Å². The zero-order chi connectivity index (χ0) is 18.5. The van der Waals surface area contributed by atoms with Crippen LogP contribution >= 0.6 is 7.14 Å². The molecular weight excluding hydrogens is 339 g/mol. The molecule has 1 fully saturated rings. The predicted molar refractivity (Wildman–Crippen MR) is 110 cm³/mol. The van der Waals surface area contributed by atoms with Gasteiger partial charge in [0.15, 0.2) is 5.34 Å². The molecule has 26 heavy (non-hydrogen) atoms. The molecule has 0 radical (unpaired) electrons. The van der Waals surface area contributed by atoms with Crippen LogP contribution in [0, 0.1) is 5.92 Å². The van der Waals surface area contributed by atoms with Gasteiger partial charge in [0.1, 0.15) is 7.14 Å². The Balaban J connectivity index is 1.87. The van der Waals surface area contributed by atoms with E-state index in [1.54, 1.807) is 0 Å². The van der Waals surface area contributed by atoms with Crippen molar-refractivity contribution in [1.29, 1.82) is 0 Å². The second-order valence-electron chi connectivity index (χ2n) is 7.70. The molecule has 0 amide bonds. The Labute approximate surface area is 158 Å². The first-order valence-corrected chi connectivity index (χ1v) is 12.1. The molecule has 2 atom stereocenters. The summed E-state index contributed by atoms with van der Waals surface area (Å²) < 4.78 is 14.1. The van der Waals surface area contributed by atoms with Crippen molar-refractivity contribution in [3.63, 3.8) is 0 Å². The molecule has 3 heteroatoms. The molecule has 1 heterocycles. The Morgan fingerprint density at radius 3 is 2.08 bits per heavy atom. The largest absolute Gasteiger partial charge is 0.373 e. The Morgan fingerprint density at radius 2 is 1.54 bits per heavy atom. The van der Waals surface area contributed by atoms with Crippen LogP contribution in [0.5, 0.6) is 0 Å². The fraction of sp³-hybridized carbons (Fsp3) is 0.478. The third-order valence-corrected chi connectivity index (χ3v) is 9.64. The smallest absolute Gasteiger partial charge is 0.167 e. The van der Waals surface area contributed by atoms with Crippen LogP contribution in [0.4, 0.5) is 0 Å². The number of unbranched alkanes of at least 4 members (excludes halogenated alkanes) is 3. The van der Waals surface area contributed by atoms with Crippen molar-refractivity contribution < 1.29 is 9.67 Å². The van der Waals surface area contributed by atoms with Gasteiger partial charge in [-0.3, -0.25) is 0 Å². The number of aliphatic hydroxyl groups is 1. The second kappa shape index (κ2) is 8.55. The first-order valence-electron chi connectivity index (χ1n) is 10.0. The molecule has 0 saturated carbocycles. The third kappa shape index (κ3) is 3.82. The molecular formula is C23H31O2P. The van der Waals surface area contributed by atoms with E-state index in [-0.39, 0.29) is 0 Å². The Bertz CT molecular complexity index is 687. The molecule has 3 rings (SSSR count). The molecule has 2 unspecified atom stereocenters. The van der Waals surface area contributed by atoms with Crippen LogP contribution in [-0.4, -0.2) is 17.4 Å². The van der Waals surface area contributed by atoms with E-state index in [4.69, 9.17) is 0 Å². The monoisotopic (exact) mass is 370 g/mol. The standard InChI is InChI=1S/C23H31O2P/c1-2-3-4-7-12-20-17-18-26(25,19-20)23(24,21-13-8-5-9-14-21)22-15-10-6-11-16-22/h5-6,8-11,13-16,20,24H,2-4,7,12,17-19H2,1H3. The molecule has 2 aromatic carbocycles. The van der Waals surface area contributed by atoms with E-state index in [9.17, 15) is 9.67 Å². The van der Waals surface area contributed by atoms with Crippen molar-refractivity contribution in [2.75, 3.05) is 12.3 Å². The summed E-state index contributed by atoms with van der Waals surface area (Å²) in [5.41, 5.74) is 1.53. The van der Waals surface area contributed by atoms with Crippen LogP contribution in [0.15, 0.2) is 60.7 Å². The molecule has 0 bridgehead atoms. The molecule has 0 spiro atoms. The summed E-state index contributed by atoms with van der Waals surface area (Å²) in [6.07, 6.45) is 8.43. The Kier molecular flexibility index (Phi) is 6.37. The minimum atomic E-state index is -2.79. The molecule has 0 aromatic heterocycles. The van der Waals surface area contributed by atoms with Gasteiger partial charge in [-0.2, -0.15) is 0 Å². The summed E-state index contributed by atoms with van der Waals surface area (Å²) in [6.45, 7) is 2.23. The summed E-state index contributed by atoms with van der Waals surface area (Å²) >= 11 is 0. The van der Waals surface area contributed by atoms with Gasteiger partial charge in [-0.15, -0.1) is 0 Å². The van der Waals surface area contributed by atoms with Crippen molar-refractivity contribution in [2.24, 2.45) is 5.92 Å². The van der Waals surface area contributed by atoms with E-state index in [0.717, 1.165) is 24.0 Å². The summed E-state index contributed by atoms with van der Waals surface area (Å²) in [4.78, 5) is 0. The van der Waals surface area contributed by atoms with Gasteiger partial charge in [0.05, 0.1) is 0 Å². The zero-order valence-electron chi connectivity index (χ0n) is 15.8. The molecule has 1 aliphatic rings. The van der Waals surface area contributed by atoms with Gasteiger partial charge in [0.2, 0.25) is 0 Å². The Hall–Kier alpha value is -1.37. The number of hydrogen-bond donors (Lipinski definition) is 1. The SMILES string of the molecule is CCCCCCC1CCP(=O)(C(O)(c2ccccc2)c2ccccc2)C1. The van der Waals surface area contributed by atoms with Crippen molar-refractivity contribution in [3.05, 3.63) is 71.8 Å². The third-order valence-electron chi connectivity index (χ3n) is 5.86. The quantitative estimate of drug-likeness (QED) is 0.441. The van der Waals surface area contributed by atoms with Crippen molar-refractivity contribution in [1.82, 2.24) is 0 Å². The van der Waals surface area contributed by atoms with E-state index < -0.39 is 12.5 Å². The summed E-state index contributed by atoms with van der Waals surface area (Å²) in [6, 6.07) is 19.2. The van der Waals surface area contributed by atoms with Gasteiger partial charge < -0.3 is 9.67 Å². The number of hydrogen-bond acceptors (Lipinski definition) is 2. The fourth-order valence-electron chi connectivity index (χ4n) is 4.36. The average Bonchev–Trinajstić information content (AvgIpc) is 3.08. The predicted octanol–water partition coefficient (Wildman–Crippen LogP) is 6.23. The zero-order valence-corrected chi connectivity index (χ0v) is 16.7. The van der Waals surface area contributed by atoms with E-state index in [2.05, 4.69) is 6.92 Å². The fourth-order valence-corrected chi connectivity index (χ4v) is 8.35. The van der Waals surface area contributed by atoms with Crippen LogP contribution in [0.1, 0.15) is 56.6 Å². The van der Waals surface area contributed by atoms with Crippen LogP contribution in [-0.2, 0) is 9.91 Å². The van der Waals surface area contributed by atoms with Gasteiger partial charge in [0.25, 0.3) is 0 Å². The number of benzene rings is 2. The molecule has 1 saturated heterocycles. The maximum absolute atomic E-state index is 14.1. The molecule has 0 aliphatic carbocycles. The number of rotatable bonds is 8. The molecule has 140 valence electrons. The lowest BCUT2D eigenvalue weighted by atomic mass is 10.0. The lowest BCUT2D eigenvalue weighted by Gasteiger charge is -2.35. The second-order valence-corrected chi connectivity index (χ2v) is 10.9. The highest BCUT2D eigenvalue weighted by Gasteiger charge is 2.52. The van der Waals surface area contributed by atoms with Crippen LogP contribution < -0.4 is 0 Å². The normalized spacial score (nSPS) is 23.2. The van der Waals surface area contributed by atoms with Crippen molar-refractivity contribution in [3.8, 4) is 0 Å². The molecule has 2 aromatic rings. The first-order chi connectivity index (χ1) is 12.6. The summed E-state index contributed by atoms with van der Waals surface area (Å²) in [5, 5.41) is 10.5. The lowest BCUT2D eigenvalue weighted by Crippen LogP contribution is -2.28. The van der Waals surface area contributed by atoms with Crippen molar-refractivity contribution >= 4 is 7.14 Å². The van der Waals surface area contributed by atoms with E-state index >= 15 is 0 Å². The van der Waals surface area contributed by atoms with Gasteiger partial charge >= 0.3 is 0 Å². The summed E-state index contributed by atoms with van der Waals surface area (Å²) in [5.74, 6) is 0.483. The molecule has 2 nitrogen and oxygen atoms in total. The minimum absolute atomic E-state index is 0.483. The maximum Gasteiger partial charge on any atom is 0.167 e. The highest BCUT2D eigenvalue weighted by Crippen LogP contribution is 2.69. The van der Waals surface area contributed by atoms with Crippen LogP contribution in [0.25, 0.3) is 0 Å². The Morgan fingerprint density at radius 1 is 0.962 bits per heavy atom. The highest BCUT2D eigenvalue weighted by molar-refractivity contribution is 7.65. The van der Waals surface area contributed by atoms with Gasteiger partial charge in [-0.05, 0) is 29.9 Å².